The van der Waals surface area contributed by atoms with Crippen LogP contribution in [0.3, 0.4) is 0 Å². The molecule has 0 aliphatic carbocycles. The van der Waals surface area contributed by atoms with E-state index < -0.39 is 0 Å². The molecule has 96 valence electrons. The normalized spacial score (nSPS) is 13.1. The second-order valence-corrected chi connectivity index (χ2v) is 5.02. The maximum Gasteiger partial charge on any atom is 0.315 e. The molecule has 6 nitrogen and oxygen atoms in total. The zero-order valence-corrected chi connectivity index (χ0v) is 10.9. The van der Waals surface area contributed by atoms with Crippen LogP contribution in [0.1, 0.15) is 5.69 Å². The highest BCUT2D eigenvalue weighted by molar-refractivity contribution is 5.75. The lowest BCUT2D eigenvalue weighted by Crippen LogP contribution is -2.33. The van der Waals surface area contributed by atoms with Gasteiger partial charge in [0.25, 0.3) is 5.65 Å². The van der Waals surface area contributed by atoms with Gasteiger partial charge in [0.2, 0.25) is 11.5 Å². The molecule has 1 aliphatic heterocycles. The van der Waals surface area contributed by atoms with Crippen LogP contribution in [-0.2, 0) is 13.6 Å². The average Bonchev–Trinajstić information content (AvgIpc) is 3.10. The molecule has 0 bridgehead atoms. The quantitative estimate of drug-likeness (QED) is 0.391. The minimum atomic E-state index is 0.771. The zero-order chi connectivity index (χ0) is 13.3. The van der Waals surface area contributed by atoms with E-state index >= 15 is 0 Å². The molecule has 0 fully saturated rings. The maximum atomic E-state index is 4.67. The van der Waals surface area contributed by atoms with Crippen LogP contribution in [-0.4, -0.2) is 24.1 Å². The minimum Gasteiger partial charge on any atom is -0.257 e. The Morgan fingerprint density at radius 1 is 1.20 bits per heavy atom. The van der Waals surface area contributed by atoms with E-state index in [1.807, 2.05) is 36.0 Å². The first-order chi connectivity index (χ1) is 9.84. The number of aromatic nitrogens is 6. The summed E-state index contributed by atoms with van der Waals surface area (Å²) < 4.78 is 6.25. The van der Waals surface area contributed by atoms with Crippen molar-refractivity contribution in [2.75, 3.05) is 0 Å². The number of hydrogen-bond acceptors (Lipinski definition) is 3. The molecular weight excluding hydrogens is 252 g/mol. The van der Waals surface area contributed by atoms with E-state index in [0.29, 0.717) is 0 Å². The van der Waals surface area contributed by atoms with Gasteiger partial charge in [-0.3, -0.25) is 4.98 Å². The van der Waals surface area contributed by atoms with E-state index in [9.17, 15) is 0 Å². The number of aryl methyl sites for hydroxylation is 1. The first-order valence-electron chi connectivity index (χ1n) is 6.51. The van der Waals surface area contributed by atoms with E-state index in [4.69, 9.17) is 0 Å². The van der Waals surface area contributed by atoms with Crippen molar-refractivity contribution in [2.24, 2.45) is 7.05 Å². The molecule has 0 amide bonds. The van der Waals surface area contributed by atoms with Crippen LogP contribution in [0.15, 0.2) is 36.7 Å². The van der Waals surface area contributed by atoms with Crippen molar-refractivity contribution in [1.82, 2.24) is 24.1 Å². The topological polar surface area (TPSA) is 51.9 Å². The molecule has 5 rings (SSSR count). The first kappa shape index (κ1) is 10.1. The summed E-state index contributed by atoms with van der Waals surface area (Å²) in [6, 6.07) is 7.96. The van der Waals surface area contributed by atoms with E-state index in [1.165, 1.54) is 5.56 Å². The van der Waals surface area contributed by atoms with Gasteiger partial charge in [0.15, 0.2) is 0 Å². The van der Waals surface area contributed by atoms with Gasteiger partial charge < -0.3 is 0 Å². The number of nitrogens with zero attached hydrogens (tertiary/aromatic N) is 6. The summed E-state index contributed by atoms with van der Waals surface area (Å²) >= 11 is 0. The summed E-state index contributed by atoms with van der Waals surface area (Å²) in [7, 11) is 2.04. The Morgan fingerprint density at radius 2 is 2.10 bits per heavy atom. The summed E-state index contributed by atoms with van der Waals surface area (Å²) in [6.45, 7) is 0.771. The standard InChI is InChI=1S/C14H11N6/c1-18-12-14(20-11(17-12)5-3-7-16-20)19-8-10-9(13(18)19)4-2-6-15-10/h2-7H,8H2,1H3/q+1. The summed E-state index contributed by atoms with van der Waals surface area (Å²) in [5, 5.41) is 4.42. The number of rotatable bonds is 0. The molecule has 6 heteroatoms. The van der Waals surface area contributed by atoms with Crippen molar-refractivity contribution in [3.8, 4) is 11.4 Å². The molecule has 4 aromatic rings. The largest absolute Gasteiger partial charge is 0.315 e. The number of imidazole rings is 2. The number of pyridine rings is 1. The SMILES string of the molecule is Cn1c2[n+](c3c1nc1cccnn13)Cc1ncccc1-2. The predicted octanol–water partition coefficient (Wildman–Crippen LogP) is 0.932. The zero-order valence-electron chi connectivity index (χ0n) is 10.9. The number of fused-ring (bicyclic) bond motifs is 7. The van der Waals surface area contributed by atoms with Gasteiger partial charge in [-0.15, -0.1) is 9.61 Å². The van der Waals surface area contributed by atoms with Gasteiger partial charge >= 0.3 is 5.65 Å². The number of hydrogen-bond donors (Lipinski definition) is 0. The van der Waals surface area contributed by atoms with Crippen molar-refractivity contribution < 1.29 is 4.57 Å². The van der Waals surface area contributed by atoms with Gasteiger partial charge in [0.1, 0.15) is 6.54 Å². The molecule has 0 saturated heterocycles. The van der Waals surface area contributed by atoms with Crippen LogP contribution < -0.4 is 4.57 Å². The van der Waals surface area contributed by atoms with E-state index in [-0.39, 0.29) is 0 Å². The van der Waals surface area contributed by atoms with Crippen molar-refractivity contribution in [3.63, 3.8) is 0 Å². The summed E-state index contributed by atoms with van der Waals surface area (Å²) in [5.74, 6) is 1.14. The van der Waals surface area contributed by atoms with Gasteiger partial charge in [-0.25, -0.2) is 9.13 Å². The summed E-state index contributed by atoms with van der Waals surface area (Å²) in [5.41, 5.74) is 5.13. The third-order valence-corrected chi connectivity index (χ3v) is 3.94. The Morgan fingerprint density at radius 3 is 3.05 bits per heavy atom. The van der Waals surface area contributed by atoms with Crippen molar-refractivity contribution in [1.29, 1.82) is 0 Å². The summed E-state index contributed by atoms with van der Waals surface area (Å²) in [4.78, 5) is 9.15. The fourth-order valence-corrected chi connectivity index (χ4v) is 3.10. The molecule has 0 atom stereocenters. The molecule has 0 radical (unpaired) electrons. The highest BCUT2D eigenvalue weighted by atomic mass is 15.4. The Bertz CT molecular complexity index is 994. The predicted molar refractivity (Wildman–Crippen MR) is 72.0 cm³/mol. The van der Waals surface area contributed by atoms with Crippen molar-refractivity contribution >= 4 is 16.9 Å². The minimum absolute atomic E-state index is 0.771. The maximum absolute atomic E-state index is 4.67. The van der Waals surface area contributed by atoms with Gasteiger partial charge in [0.05, 0.1) is 24.5 Å². The van der Waals surface area contributed by atoms with E-state index in [2.05, 4.69) is 30.3 Å². The fraction of sp³-hybridized carbons (Fsp3) is 0.143. The van der Waals surface area contributed by atoms with Crippen LogP contribution in [0.5, 0.6) is 0 Å². The van der Waals surface area contributed by atoms with Crippen LogP contribution >= 0.6 is 0 Å². The lowest BCUT2D eigenvalue weighted by Gasteiger charge is -1.95. The Labute approximate surface area is 113 Å². The van der Waals surface area contributed by atoms with Gasteiger partial charge in [-0.05, 0) is 18.2 Å². The van der Waals surface area contributed by atoms with Crippen LogP contribution in [0.25, 0.3) is 28.3 Å². The summed E-state index contributed by atoms with van der Waals surface area (Å²) in [6.07, 6.45) is 3.63. The second kappa shape index (κ2) is 3.22. The molecule has 0 unspecified atom stereocenters. The molecular formula is C14H11N6+. The van der Waals surface area contributed by atoms with Crippen molar-refractivity contribution in [3.05, 3.63) is 42.4 Å². The highest BCUT2D eigenvalue weighted by Gasteiger charge is 2.34. The molecule has 0 aromatic carbocycles. The molecule has 1 aliphatic rings. The van der Waals surface area contributed by atoms with E-state index in [1.54, 1.807) is 6.20 Å². The van der Waals surface area contributed by atoms with Gasteiger partial charge in [0, 0.05) is 12.3 Å². The average molecular weight is 263 g/mol. The molecule has 0 N–H and O–H groups in total. The van der Waals surface area contributed by atoms with Crippen molar-refractivity contribution in [2.45, 2.75) is 6.54 Å². The Balaban J connectivity index is 1.99. The highest BCUT2D eigenvalue weighted by Crippen LogP contribution is 2.28. The van der Waals surface area contributed by atoms with Gasteiger partial charge in [-0.2, -0.15) is 4.98 Å². The third-order valence-electron chi connectivity index (χ3n) is 3.94. The molecule has 5 heterocycles. The van der Waals surface area contributed by atoms with Crippen LogP contribution in [0.2, 0.25) is 0 Å². The lowest BCUT2D eigenvalue weighted by molar-refractivity contribution is -0.648. The lowest BCUT2D eigenvalue weighted by atomic mass is 10.2. The first-order valence-corrected chi connectivity index (χ1v) is 6.51. The van der Waals surface area contributed by atoms with E-state index in [0.717, 1.165) is 35.0 Å². The fourth-order valence-electron chi connectivity index (χ4n) is 3.10. The second-order valence-electron chi connectivity index (χ2n) is 5.02. The molecule has 0 spiro atoms. The smallest absolute Gasteiger partial charge is 0.257 e. The molecule has 4 aromatic heterocycles. The van der Waals surface area contributed by atoms with Gasteiger partial charge in [-0.1, -0.05) is 0 Å². The van der Waals surface area contributed by atoms with Crippen LogP contribution in [0.4, 0.5) is 0 Å². The molecule has 20 heavy (non-hydrogen) atoms. The third kappa shape index (κ3) is 1.01. The molecule has 0 saturated carbocycles. The Kier molecular flexibility index (Phi) is 1.62. The Hall–Kier alpha value is -2.76. The van der Waals surface area contributed by atoms with Crippen LogP contribution in [0, 0.1) is 0 Å². The monoisotopic (exact) mass is 263 g/mol.